The molecule has 1 aliphatic carbocycles. The van der Waals surface area contributed by atoms with Crippen LogP contribution in [0.2, 0.25) is 0 Å². The van der Waals surface area contributed by atoms with Crippen LogP contribution in [0.4, 0.5) is 0 Å². The van der Waals surface area contributed by atoms with Crippen LogP contribution < -0.4 is 10.1 Å². The largest absolute Gasteiger partial charge is 0.492 e. The van der Waals surface area contributed by atoms with Crippen molar-refractivity contribution in [3.63, 3.8) is 0 Å². The fourth-order valence-corrected chi connectivity index (χ4v) is 4.98. The normalized spacial score (nSPS) is 19.2. The van der Waals surface area contributed by atoms with Crippen LogP contribution in [0.15, 0.2) is 29.2 Å². The Hall–Kier alpha value is -1.60. The van der Waals surface area contributed by atoms with Gasteiger partial charge in [-0.25, -0.2) is 8.42 Å². The van der Waals surface area contributed by atoms with Gasteiger partial charge in [0.1, 0.15) is 12.4 Å². The van der Waals surface area contributed by atoms with Crippen molar-refractivity contribution in [1.82, 2.24) is 9.62 Å². The van der Waals surface area contributed by atoms with E-state index in [9.17, 15) is 13.2 Å². The number of hydrogen-bond donors (Lipinski definition) is 1. The first-order valence-corrected chi connectivity index (χ1v) is 10.5. The lowest BCUT2D eigenvalue weighted by Crippen LogP contribution is -2.32. The number of amides is 1. The van der Waals surface area contributed by atoms with Crippen LogP contribution in [0.1, 0.15) is 38.5 Å². The van der Waals surface area contributed by atoms with Crippen LogP contribution in [0.3, 0.4) is 0 Å². The number of benzene rings is 1. The Balaban J connectivity index is 1.45. The van der Waals surface area contributed by atoms with Gasteiger partial charge in [0.15, 0.2) is 0 Å². The molecule has 7 heteroatoms. The van der Waals surface area contributed by atoms with Crippen LogP contribution in [-0.2, 0) is 14.8 Å². The van der Waals surface area contributed by atoms with Gasteiger partial charge in [-0.1, -0.05) is 12.8 Å². The number of ether oxygens (including phenoxy) is 1. The van der Waals surface area contributed by atoms with E-state index in [-0.39, 0.29) is 11.8 Å². The molecule has 3 rings (SSSR count). The Labute approximate surface area is 149 Å². The van der Waals surface area contributed by atoms with E-state index in [4.69, 9.17) is 4.74 Å². The molecular weight excluding hydrogens is 340 g/mol. The first kappa shape index (κ1) is 18.2. The summed E-state index contributed by atoms with van der Waals surface area (Å²) in [5.41, 5.74) is 0. The van der Waals surface area contributed by atoms with E-state index >= 15 is 0 Å². The second-order valence-electron chi connectivity index (χ2n) is 6.70. The number of hydrogen-bond acceptors (Lipinski definition) is 4. The highest BCUT2D eigenvalue weighted by atomic mass is 32.2. The average Bonchev–Trinajstić information content (AvgIpc) is 3.32. The highest BCUT2D eigenvalue weighted by molar-refractivity contribution is 7.89. The third-order valence-corrected chi connectivity index (χ3v) is 6.84. The third-order valence-electron chi connectivity index (χ3n) is 4.92. The molecule has 6 nitrogen and oxygen atoms in total. The van der Waals surface area contributed by atoms with Crippen molar-refractivity contribution >= 4 is 15.9 Å². The molecule has 0 atom stereocenters. The Kier molecular flexibility index (Phi) is 5.96. The minimum Gasteiger partial charge on any atom is -0.492 e. The Morgan fingerprint density at radius 2 is 1.72 bits per heavy atom. The molecule has 0 spiro atoms. The van der Waals surface area contributed by atoms with Crippen LogP contribution >= 0.6 is 0 Å². The first-order valence-electron chi connectivity index (χ1n) is 9.08. The quantitative estimate of drug-likeness (QED) is 0.750. The van der Waals surface area contributed by atoms with Crippen molar-refractivity contribution in [2.24, 2.45) is 5.92 Å². The van der Waals surface area contributed by atoms with Gasteiger partial charge in [-0.15, -0.1) is 0 Å². The van der Waals surface area contributed by atoms with Crippen molar-refractivity contribution in [1.29, 1.82) is 0 Å². The lowest BCUT2D eigenvalue weighted by molar-refractivity contribution is -0.124. The second-order valence-corrected chi connectivity index (χ2v) is 8.64. The lowest BCUT2D eigenvalue weighted by Gasteiger charge is -2.16. The predicted molar refractivity (Wildman–Crippen MR) is 94.9 cm³/mol. The van der Waals surface area contributed by atoms with Gasteiger partial charge in [0.05, 0.1) is 11.4 Å². The molecule has 138 valence electrons. The number of sulfonamides is 1. The maximum Gasteiger partial charge on any atom is 0.243 e. The van der Waals surface area contributed by atoms with Crippen molar-refractivity contribution in [3.8, 4) is 5.75 Å². The van der Waals surface area contributed by atoms with Gasteiger partial charge in [0.25, 0.3) is 0 Å². The van der Waals surface area contributed by atoms with Gasteiger partial charge < -0.3 is 10.1 Å². The van der Waals surface area contributed by atoms with Gasteiger partial charge in [-0.05, 0) is 49.9 Å². The van der Waals surface area contributed by atoms with Crippen LogP contribution in [0.5, 0.6) is 5.75 Å². The minimum atomic E-state index is -3.38. The van der Waals surface area contributed by atoms with E-state index in [1.54, 1.807) is 24.3 Å². The molecule has 0 bridgehead atoms. The van der Waals surface area contributed by atoms with E-state index < -0.39 is 10.0 Å². The molecular formula is C18H26N2O4S. The molecule has 2 aliphatic rings. The van der Waals surface area contributed by atoms with Gasteiger partial charge in [0, 0.05) is 19.0 Å². The molecule has 1 amide bonds. The van der Waals surface area contributed by atoms with E-state index in [0.29, 0.717) is 36.9 Å². The number of nitrogens with zero attached hydrogens (tertiary/aromatic N) is 1. The molecule has 1 saturated heterocycles. The molecule has 1 N–H and O–H groups in total. The smallest absolute Gasteiger partial charge is 0.243 e. The van der Waals surface area contributed by atoms with Crippen LogP contribution in [0, 0.1) is 5.92 Å². The Bertz CT molecular complexity index is 676. The zero-order valence-electron chi connectivity index (χ0n) is 14.4. The van der Waals surface area contributed by atoms with E-state index in [0.717, 1.165) is 38.5 Å². The third kappa shape index (κ3) is 4.52. The monoisotopic (exact) mass is 366 g/mol. The molecule has 1 aromatic carbocycles. The highest BCUT2D eigenvalue weighted by Gasteiger charge is 2.27. The number of nitrogens with one attached hydrogen (secondary N) is 1. The first-order chi connectivity index (χ1) is 12.1. The van der Waals surface area contributed by atoms with Crippen LogP contribution in [-0.4, -0.2) is 44.9 Å². The molecule has 1 heterocycles. The van der Waals surface area contributed by atoms with Crippen molar-refractivity contribution in [2.75, 3.05) is 26.2 Å². The van der Waals surface area contributed by atoms with Crippen molar-refractivity contribution in [3.05, 3.63) is 24.3 Å². The standard InChI is InChI=1S/C18H26N2O4S/c21-18(15-5-1-2-6-15)19-11-14-24-16-7-9-17(10-8-16)25(22,23)20-12-3-4-13-20/h7-10,15H,1-6,11-14H2,(H,19,21). The fraction of sp³-hybridized carbons (Fsp3) is 0.611. The SMILES string of the molecule is O=C(NCCOc1ccc(S(=O)(=O)N2CCCC2)cc1)C1CCCC1. The molecule has 1 saturated carbocycles. The Morgan fingerprint density at radius 3 is 2.36 bits per heavy atom. The van der Waals surface area contributed by atoms with Crippen molar-refractivity contribution < 1.29 is 17.9 Å². The second kappa shape index (κ2) is 8.19. The zero-order chi connectivity index (χ0) is 17.7. The number of carbonyl (C=O) groups excluding carboxylic acids is 1. The summed E-state index contributed by atoms with van der Waals surface area (Å²) in [4.78, 5) is 12.2. The summed E-state index contributed by atoms with van der Waals surface area (Å²) < 4.78 is 32.0. The minimum absolute atomic E-state index is 0.119. The number of rotatable bonds is 7. The zero-order valence-corrected chi connectivity index (χ0v) is 15.3. The highest BCUT2D eigenvalue weighted by Crippen LogP contribution is 2.25. The molecule has 0 aromatic heterocycles. The molecule has 0 radical (unpaired) electrons. The summed E-state index contributed by atoms with van der Waals surface area (Å²) in [6, 6.07) is 6.50. The molecule has 1 aromatic rings. The van der Waals surface area contributed by atoms with Gasteiger partial charge in [-0.2, -0.15) is 4.31 Å². The maximum atomic E-state index is 12.4. The van der Waals surface area contributed by atoms with Crippen LogP contribution in [0.25, 0.3) is 0 Å². The molecule has 25 heavy (non-hydrogen) atoms. The predicted octanol–water partition coefficient (Wildman–Crippen LogP) is 2.16. The summed E-state index contributed by atoms with van der Waals surface area (Å²) in [6.07, 6.45) is 6.10. The van der Waals surface area contributed by atoms with E-state index in [2.05, 4.69) is 5.32 Å². The summed E-state index contributed by atoms with van der Waals surface area (Å²) in [6.45, 7) is 2.03. The molecule has 1 aliphatic heterocycles. The molecule has 0 unspecified atom stereocenters. The summed E-state index contributed by atoms with van der Waals surface area (Å²) in [7, 11) is -3.38. The van der Waals surface area contributed by atoms with E-state index in [1.165, 1.54) is 4.31 Å². The maximum absolute atomic E-state index is 12.4. The van der Waals surface area contributed by atoms with Gasteiger partial charge in [0.2, 0.25) is 15.9 Å². The Morgan fingerprint density at radius 1 is 1.08 bits per heavy atom. The van der Waals surface area contributed by atoms with Gasteiger partial charge in [-0.3, -0.25) is 4.79 Å². The van der Waals surface area contributed by atoms with Crippen molar-refractivity contribution in [2.45, 2.75) is 43.4 Å². The summed E-state index contributed by atoms with van der Waals surface area (Å²) in [5.74, 6) is 0.888. The fourth-order valence-electron chi connectivity index (χ4n) is 3.46. The summed E-state index contributed by atoms with van der Waals surface area (Å²) in [5, 5.41) is 2.90. The number of carbonyl (C=O) groups is 1. The molecule has 2 fully saturated rings. The van der Waals surface area contributed by atoms with Gasteiger partial charge >= 0.3 is 0 Å². The average molecular weight is 366 g/mol. The lowest BCUT2D eigenvalue weighted by atomic mass is 10.1. The topological polar surface area (TPSA) is 75.7 Å². The van der Waals surface area contributed by atoms with E-state index in [1.807, 2.05) is 0 Å². The summed E-state index contributed by atoms with van der Waals surface area (Å²) >= 11 is 0.